The van der Waals surface area contributed by atoms with Crippen LogP contribution in [0.1, 0.15) is 29.3 Å². The summed E-state index contributed by atoms with van der Waals surface area (Å²) in [5.74, 6) is 0.603. The zero-order chi connectivity index (χ0) is 22.3. The number of benzene rings is 2. The molecule has 3 rings (SSSR count). The molecule has 0 radical (unpaired) electrons. The Hall–Kier alpha value is -2.42. The molecular weight excluding hydrogens is 414 g/mol. The molecule has 7 nitrogen and oxygen atoms in total. The van der Waals surface area contributed by atoms with Gasteiger partial charge in [0.25, 0.3) is 5.91 Å². The summed E-state index contributed by atoms with van der Waals surface area (Å²) in [6, 6.07) is 14.2. The summed E-state index contributed by atoms with van der Waals surface area (Å²) in [6.07, 6.45) is 1.55. The van der Waals surface area contributed by atoms with Crippen molar-refractivity contribution in [3.05, 3.63) is 59.7 Å². The lowest BCUT2D eigenvalue weighted by atomic mass is 10.1. The Kier molecular flexibility index (Phi) is 8.06. The van der Waals surface area contributed by atoms with Crippen molar-refractivity contribution in [3.63, 3.8) is 0 Å². The lowest BCUT2D eigenvalue weighted by Crippen LogP contribution is -2.47. The quantitative estimate of drug-likeness (QED) is 0.600. The van der Waals surface area contributed by atoms with Crippen LogP contribution in [0.4, 0.5) is 0 Å². The van der Waals surface area contributed by atoms with Crippen LogP contribution in [0.5, 0.6) is 5.75 Å². The molecule has 168 valence electrons. The van der Waals surface area contributed by atoms with Crippen molar-refractivity contribution in [1.82, 2.24) is 14.5 Å². The number of likely N-dealkylation sites (N-methyl/N-ethyl adjacent to an activating group) is 1. The number of nitrogens with zero attached hydrogens (tertiary/aromatic N) is 2. The Morgan fingerprint density at radius 2 is 1.81 bits per heavy atom. The van der Waals surface area contributed by atoms with E-state index in [-0.39, 0.29) is 10.8 Å². The molecule has 8 heteroatoms. The second-order valence-electron chi connectivity index (χ2n) is 7.64. The van der Waals surface area contributed by atoms with Crippen LogP contribution in [0, 0.1) is 0 Å². The first-order valence-electron chi connectivity index (χ1n) is 10.7. The van der Waals surface area contributed by atoms with Crippen molar-refractivity contribution < 1.29 is 17.9 Å². The van der Waals surface area contributed by atoms with E-state index in [9.17, 15) is 13.2 Å². The number of carbonyl (C=O) groups is 1. The number of hydrogen-bond donors (Lipinski definition) is 1. The molecule has 1 N–H and O–H groups in total. The predicted molar refractivity (Wildman–Crippen MR) is 121 cm³/mol. The van der Waals surface area contributed by atoms with Crippen LogP contribution >= 0.6 is 0 Å². The number of rotatable bonds is 9. The number of piperazine rings is 1. The number of para-hydroxylation sites is 1. The Morgan fingerprint density at radius 1 is 1.06 bits per heavy atom. The summed E-state index contributed by atoms with van der Waals surface area (Å²) in [7, 11) is -1.62. The average molecular weight is 446 g/mol. The lowest BCUT2D eigenvalue weighted by molar-refractivity contribution is 0.0953. The molecule has 2 aromatic carbocycles. The molecule has 0 saturated carbocycles. The fraction of sp³-hybridized carbons (Fsp3) is 0.435. The molecule has 1 aliphatic rings. The monoisotopic (exact) mass is 445 g/mol. The van der Waals surface area contributed by atoms with Gasteiger partial charge in [0, 0.05) is 38.3 Å². The lowest BCUT2D eigenvalue weighted by Gasteiger charge is -2.31. The van der Waals surface area contributed by atoms with Gasteiger partial charge in [-0.2, -0.15) is 4.31 Å². The highest BCUT2D eigenvalue weighted by atomic mass is 32.2. The highest BCUT2D eigenvalue weighted by molar-refractivity contribution is 7.89. The molecule has 1 amide bonds. The van der Waals surface area contributed by atoms with Gasteiger partial charge >= 0.3 is 0 Å². The Labute approximate surface area is 185 Å². The van der Waals surface area contributed by atoms with E-state index < -0.39 is 10.0 Å². The summed E-state index contributed by atoms with van der Waals surface area (Å²) < 4.78 is 33.0. The predicted octanol–water partition coefficient (Wildman–Crippen LogP) is 2.38. The minimum absolute atomic E-state index is 0.162. The van der Waals surface area contributed by atoms with E-state index in [0.29, 0.717) is 44.9 Å². The van der Waals surface area contributed by atoms with Crippen LogP contribution in [-0.4, -0.2) is 69.9 Å². The number of nitrogens with one attached hydrogen (secondary N) is 1. The highest BCUT2D eigenvalue weighted by Crippen LogP contribution is 2.20. The third-order valence-corrected chi connectivity index (χ3v) is 7.27. The zero-order valence-electron chi connectivity index (χ0n) is 18.2. The van der Waals surface area contributed by atoms with Crippen LogP contribution in [-0.2, 0) is 16.4 Å². The minimum atomic E-state index is -3.60. The van der Waals surface area contributed by atoms with E-state index in [1.165, 1.54) is 10.4 Å². The van der Waals surface area contributed by atoms with Crippen LogP contribution in [0.25, 0.3) is 0 Å². The second-order valence-corrected chi connectivity index (χ2v) is 9.57. The first-order valence-corrected chi connectivity index (χ1v) is 12.1. The van der Waals surface area contributed by atoms with E-state index in [1.807, 2.05) is 38.2 Å². The van der Waals surface area contributed by atoms with Crippen molar-refractivity contribution in [2.45, 2.75) is 24.7 Å². The van der Waals surface area contributed by atoms with Gasteiger partial charge in [0.1, 0.15) is 5.75 Å². The largest absolute Gasteiger partial charge is 0.494 e. The Bertz CT molecular complexity index is 986. The van der Waals surface area contributed by atoms with Crippen molar-refractivity contribution in [1.29, 1.82) is 0 Å². The minimum Gasteiger partial charge on any atom is -0.494 e. The van der Waals surface area contributed by atoms with Gasteiger partial charge in [0.2, 0.25) is 10.0 Å². The maximum Gasteiger partial charge on any atom is 0.251 e. The molecule has 1 fully saturated rings. The van der Waals surface area contributed by atoms with E-state index >= 15 is 0 Å². The van der Waals surface area contributed by atoms with Gasteiger partial charge in [-0.05, 0) is 56.6 Å². The maximum atomic E-state index is 12.9. The normalized spacial score (nSPS) is 15.5. The molecule has 0 aromatic heterocycles. The Balaban J connectivity index is 1.57. The van der Waals surface area contributed by atoms with Crippen LogP contribution in [0.15, 0.2) is 53.4 Å². The first-order chi connectivity index (χ1) is 14.9. The molecule has 0 spiro atoms. The van der Waals surface area contributed by atoms with Crippen LogP contribution < -0.4 is 10.1 Å². The molecule has 1 heterocycles. The SMILES string of the molecule is CCOc1ccccc1CCCNC(=O)c1cccc(S(=O)(=O)N2CCN(C)CC2)c1. The van der Waals surface area contributed by atoms with Gasteiger partial charge in [0.15, 0.2) is 0 Å². The molecule has 1 saturated heterocycles. The topological polar surface area (TPSA) is 78.9 Å². The number of amides is 1. The van der Waals surface area contributed by atoms with Crippen LogP contribution in [0.3, 0.4) is 0 Å². The van der Waals surface area contributed by atoms with E-state index in [1.54, 1.807) is 18.2 Å². The van der Waals surface area contributed by atoms with E-state index in [2.05, 4.69) is 10.2 Å². The third-order valence-electron chi connectivity index (χ3n) is 5.38. The summed E-state index contributed by atoms with van der Waals surface area (Å²) >= 11 is 0. The van der Waals surface area contributed by atoms with E-state index in [4.69, 9.17) is 4.74 Å². The summed E-state index contributed by atoms with van der Waals surface area (Å²) in [5.41, 5.74) is 1.46. The molecule has 0 bridgehead atoms. The molecule has 0 aliphatic carbocycles. The van der Waals surface area contributed by atoms with Gasteiger partial charge in [-0.3, -0.25) is 4.79 Å². The first kappa shape index (κ1) is 23.2. The number of ether oxygens (including phenoxy) is 1. The van der Waals surface area contributed by atoms with Crippen LogP contribution in [0.2, 0.25) is 0 Å². The number of sulfonamides is 1. The third kappa shape index (κ3) is 6.06. The van der Waals surface area contributed by atoms with E-state index in [0.717, 1.165) is 24.2 Å². The number of hydrogen-bond acceptors (Lipinski definition) is 5. The summed E-state index contributed by atoms with van der Waals surface area (Å²) in [5, 5.41) is 2.89. The zero-order valence-corrected chi connectivity index (χ0v) is 19.0. The maximum absolute atomic E-state index is 12.9. The molecule has 2 aromatic rings. The summed E-state index contributed by atoms with van der Waals surface area (Å²) in [4.78, 5) is 14.8. The van der Waals surface area contributed by atoms with Gasteiger partial charge in [-0.1, -0.05) is 24.3 Å². The fourth-order valence-corrected chi connectivity index (χ4v) is 5.03. The van der Waals surface area contributed by atoms with Crippen molar-refractivity contribution in [2.75, 3.05) is 46.4 Å². The van der Waals surface area contributed by atoms with Gasteiger partial charge < -0.3 is 15.0 Å². The van der Waals surface area contributed by atoms with Gasteiger partial charge in [-0.25, -0.2) is 8.42 Å². The van der Waals surface area contributed by atoms with Gasteiger partial charge in [0.05, 0.1) is 11.5 Å². The molecule has 1 aliphatic heterocycles. The standard InChI is InChI=1S/C23H31N3O4S/c1-3-30-22-12-5-4-8-19(22)10-7-13-24-23(27)20-9-6-11-21(18-20)31(28,29)26-16-14-25(2)15-17-26/h4-6,8-9,11-12,18H,3,7,10,13-17H2,1-2H3,(H,24,27). The summed E-state index contributed by atoms with van der Waals surface area (Å²) in [6.45, 7) is 5.37. The molecular formula is C23H31N3O4S. The van der Waals surface area contributed by atoms with Crippen molar-refractivity contribution in [2.24, 2.45) is 0 Å². The number of carbonyl (C=O) groups excluding carboxylic acids is 1. The van der Waals surface area contributed by atoms with Crippen molar-refractivity contribution >= 4 is 15.9 Å². The smallest absolute Gasteiger partial charge is 0.251 e. The number of aryl methyl sites for hydroxylation is 1. The van der Waals surface area contributed by atoms with Gasteiger partial charge in [-0.15, -0.1) is 0 Å². The highest BCUT2D eigenvalue weighted by Gasteiger charge is 2.27. The molecule has 31 heavy (non-hydrogen) atoms. The molecule has 0 atom stereocenters. The fourth-order valence-electron chi connectivity index (χ4n) is 3.56. The Morgan fingerprint density at radius 3 is 2.55 bits per heavy atom. The molecule has 0 unspecified atom stereocenters. The average Bonchev–Trinajstić information content (AvgIpc) is 2.78. The van der Waals surface area contributed by atoms with Crippen molar-refractivity contribution in [3.8, 4) is 5.75 Å². The second kappa shape index (κ2) is 10.7.